The predicted octanol–water partition coefficient (Wildman–Crippen LogP) is 1.29. The second-order valence-corrected chi connectivity index (χ2v) is 5.30. The fourth-order valence-electron chi connectivity index (χ4n) is 4.12. The van der Waals surface area contributed by atoms with Gasteiger partial charge in [0.25, 0.3) is 0 Å². The van der Waals surface area contributed by atoms with Crippen LogP contribution in [-0.2, 0) is 9.59 Å². The molecule has 0 bridgehead atoms. The van der Waals surface area contributed by atoms with E-state index in [2.05, 4.69) is 0 Å². The summed E-state index contributed by atoms with van der Waals surface area (Å²) in [5.41, 5.74) is -3.72. The van der Waals surface area contributed by atoms with Crippen molar-refractivity contribution in [1.82, 2.24) is 0 Å². The molecule has 0 aromatic carbocycles. The minimum absolute atomic E-state index is 0.455. The van der Waals surface area contributed by atoms with Gasteiger partial charge >= 0.3 is 11.9 Å². The summed E-state index contributed by atoms with van der Waals surface area (Å²) in [6.45, 7) is 3.65. The Morgan fingerprint density at radius 3 is 1.50 bits per heavy atom. The van der Waals surface area contributed by atoms with Gasteiger partial charge in [0, 0.05) is 10.8 Å². The van der Waals surface area contributed by atoms with Gasteiger partial charge in [-0.15, -0.1) is 0 Å². The maximum absolute atomic E-state index is 11.5. The maximum atomic E-state index is 11.5. The third kappa shape index (κ3) is 0.475. The molecule has 0 aromatic heterocycles. The first-order chi connectivity index (χ1) is 7.30. The first-order valence-corrected chi connectivity index (χ1v) is 5.18. The zero-order valence-corrected chi connectivity index (χ0v) is 9.02. The minimum atomic E-state index is -1.25. The number of fused-ring (bicyclic) bond motifs is 1. The molecule has 0 heterocycles. The lowest BCUT2D eigenvalue weighted by atomic mass is 9.76. The summed E-state index contributed by atoms with van der Waals surface area (Å²) in [6.07, 6.45) is 6.80. The van der Waals surface area contributed by atoms with Crippen LogP contribution in [0, 0.1) is 21.7 Å². The van der Waals surface area contributed by atoms with E-state index < -0.39 is 33.6 Å². The van der Waals surface area contributed by atoms with E-state index in [1.807, 2.05) is 19.1 Å². The monoisotopic (exact) mass is 220 g/mol. The van der Waals surface area contributed by atoms with Crippen LogP contribution >= 0.6 is 0 Å². The minimum Gasteiger partial charge on any atom is -0.481 e. The zero-order chi connectivity index (χ0) is 12.0. The van der Waals surface area contributed by atoms with E-state index in [0.717, 1.165) is 0 Å². The van der Waals surface area contributed by atoms with Crippen LogP contribution < -0.4 is 0 Å². The first-order valence-electron chi connectivity index (χ1n) is 5.18. The van der Waals surface area contributed by atoms with Gasteiger partial charge < -0.3 is 10.2 Å². The Labute approximate surface area is 92.3 Å². The summed E-state index contributed by atoms with van der Waals surface area (Å²) >= 11 is 0. The molecule has 1 saturated carbocycles. The lowest BCUT2D eigenvalue weighted by Crippen LogP contribution is -2.26. The van der Waals surface area contributed by atoms with Crippen LogP contribution in [0.3, 0.4) is 0 Å². The summed E-state index contributed by atoms with van der Waals surface area (Å²) in [7, 11) is 0. The molecule has 2 atom stereocenters. The first kappa shape index (κ1) is 9.63. The number of hydrogen-bond donors (Lipinski definition) is 2. The largest absolute Gasteiger partial charge is 0.481 e. The molecule has 2 N–H and O–H groups in total. The maximum Gasteiger partial charge on any atom is 0.315 e. The molecular weight excluding hydrogens is 208 g/mol. The quantitative estimate of drug-likeness (QED) is 0.688. The Kier molecular flexibility index (Phi) is 1.19. The molecule has 84 valence electrons. The number of rotatable bonds is 2. The summed E-state index contributed by atoms with van der Waals surface area (Å²) < 4.78 is 0. The van der Waals surface area contributed by atoms with Gasteiger partial charge in [0.05, 0.1) is 0 Å². The van der Waals surface area contributed by atoms with Crippen molar-refractivity contribution in [3.8, 4) is 0 Å². The Balaban J connectivity index is 2.33. The van der Waals surface area contributed by atoms with Gasteiger partial charge in [-0.3, -0.25) is 9.59 Å². The van der Waals surface area contributed by atoms with Gasteiger partial charge in [0.1, 0.15) is 10.8 Å². The Hall–Kier alpha value is -1.58. The number of carboxylic acid groups (broad SMARTS) is 2. The van der Waals surface area contributed by atoms with Crippen molar-refractivity contribution >= 4 is 11.9 Å². The number of aliphatic carboxylic acids is 2. The van der Waals surface area contributed by atoms with Crippen LogP contribution in [0.15, 0.2) is 24.3 Å². The second-order valence-electron chi connectivity index (χ2n) is 5.30. The third-order valence-corrected chi connectivity index (χ3v) is 5.25. The lowest BCUT2D eigenvalue weighted by molar-refractivity contribution is -0.149. The van der Waals surface area contributed by atoms with Crippen molar-refractivity contribution in [2.75, 3.05) is 0 Å². The van der Waals surface area contributed by atoms with Gasteiger partial charge in [0.15, 0.2) is 0 Å². The van der Waals surface area contributed by atoms with E-state index >= 15 is 0 Å². The number of hydrogen-bond acceptors (Lipinski definition) is 2. The van der Waals surface area contributed by atoms with Crippen molar-refractivity contribution in [3.63, 3.8) is 0 Å². The Morgan fingerprint density at radius 2 is 1.25 bits per heavy atom. The molecule has 0 spiro atoms. The Bertz CT molecular complexity index is 463. The zero-order valence-electron chi connectivity index (χ0n) is 9.02. The molecule has 2 unspecified atom stereocenters. The van der Waals surface area contributed by atoms with Gasteiger partial charge in [-0.1, -0.05) is 38.2 Å². The van der Waals surface area contributed by atoms with Gasteiger partial charge in [-0.25, -0.2) is 0 Å². The van der Waals surface area contributed by atoms with Crippen molar-refractivity contribution in [1.29, 1.82) is 0 Å². The van der Waals surface area contributed by atoms with E-state index in [0.29, 0.717) is 0 Å². The summed E-state index contributed by atoms with van der Waals surface area (Å²) in [4.78, 5) is 22.9. The van der Waals surface area contributed by atoms with E-state index in [1.54, 1.807) is 19.1 Å². The molecule has 3 aliphatic carbocycles. The third-order valence-electron chi connectivity index (χ3n) is 5.25. The van der Waals surface area contributed by atoms with Crippen LogP contribution in [0.5, 0.6) is 0 Å². The van der Waals surface area contributed by atoms with Crippen LogP contribution in [0.4, 0.5) is 0 Å². The summed E-state index contributed by atoms with van der Waals surface area (Å²) in [5, 5.41) is 18.8. The van der Waals surface area contributed by atoms with Crippen molar-refractivity contribution < 1.29 is 19.8 Å². The topological polar surface area (TPSA) is 74.6 Å². The normalized spacial score (nSPS) is 55.1. The van der Waals surface area contributed by atoms with E-state index in [-0.39, 0.29) is 0 Å². The molecule has 3 aliphatic rings. The molecule has 4 heteroatoms. The highest BCUT2D eigenvalue weighted by Gasteiger charge is 2.97. The fourth-order valence-corrected chi connectivity index (χ4v) is 4.12. The molecule has 1 fully saturated rings. The van der Waals surface area contributed by atoms with Crippen LogP contribution in [0.1, 0.15) is 13.8 Å². The van der Waals surface area contributed by atoms with Crippen molar-refractivity contribution in [2.45, 2.75) is 13.8 Å². The molecule has 16 heavy (non-hydrogen) atoms. The van der Waals surface area contributed by atoms with E-state index in [4.69, 9.17) is 0 Å². The molecular formula is C12H12O4. The van der Waals surface area contributed by atoms with Crippen molar-refractivity contribution in [2.24, 2.45) is 21.7 Å². The number of carboxylic acids is 2. The average Bonchev–Trinajstić information content (AvgIpc) is 2.54. The van der Waals surface area contributed by atoms with Gasteiger partial charge in [0.2, 0.25) is 0 Å². The number of allylic oxidation sites excluding steroid dienone is 2. The lowest BCUT2D eigenvalue weighted by Gasteiger charge is -2.26. The average molecular weight is 220 g/mol. The standard InChI is InChI=1S/C12H12O4/c1-9-3-5-11(7(13)14)10(9,2)12(11,6-4-9)8(15)16/h3-6H,1-2H3,(H,13,14)(H,15,16). The second kappa shape index (κ2) is 1.97. The van der Waals surface area contributed by atoms with E-state index in [9.17, 15) is 19.8 Å². The Morgan fingerprint density at radius 1 is 0.875 bits per heavy atom. The smallest absolute Gasteiger partial charge is 0.315 e. The van der Waals surface area contributed by atoms with Crippen molar-refractivity contribution in [3.05, 3.63) is 24.3 Å². The number of carbonyl (C=O) groups is 2. The van der Waals surface area contributed by atoms with Crippen LogP contribution in [-0.4, -0.2) is 22.2 Å². The summed E-state index contributed by atoms with van der Waals surface area (Å²) in [5.74, 6) is -2.08. The van der Waals surface area contributed by atoms with Gasteiger partial charge in [-0.05, 0) is 0 Å². The molecule has 0 aromatic rings. The summed E-state index contributed by atoms with van der Waals surface area (Å²) in [6, 6.07) is 0. The predicted molar refractivity (Wildman–Crippen MR) is 54.6 cm³/mol. The molecule has 0 radical (unpaired) electrons. The highest BCUT2D eigenvalue weighted by Crippen LogP contribution is 2.91. The molecule has 4 nitrogen and oxygen atoms in total. The molecule has 0 saturated heterocycles. The SMILES string of the molecule is CC12C=CC3(C(=O)O)C(C(=O)O)(C=C1)C23C. The highest BCUT2D eigenvalue weighted by molar-refractivity contribution is 6.02. The fraction of sp³-hybridized carbons (Fsp3) is 0.500. The molecule has 0 aliphatic heterocycles. The van der Waals surface area contributed by atoms with E-state index in [1.165, 1.54) is 0 Å². The van der Waals surface area contributed by atoms with Crippen LogP contribution in [0.2, 0.25) is 0 Å². The van der Waals surface area contributed by atoms with Gasteiger partial charge in [-0.2, -0.15) is 0 Å². The molecule has 0 amide bonds. The molecule has 3 rings (SSSR count). The highest BCUT2D eigenvalue weighted by atomic mass is 16.4. The van der Waals surface area contributed by atoms with Crippen LogP contribution in [0.25, 0.3) is 0 Å².